The molecule has 0 aliphatic rings. The molecular formula is C28H52NO6+. The lowest BCUT2D eigenvalue weighted by Gasteiger charge is -2.40. The highest BCUT2D eigenvalue weighted by Gasteiger charge is 2.31. The number of unbranched alkanes of at least 4 members (excludes halogenated alkanes) is 7. The van der Waals surface area contributed by atoms with Crippen molar-refractivity contribution in [2.75, 3.05) is 26.2 Å². The van der Waals surface area contributed by atoms with Gasteiger partial charge in [0.25, 0.3) is 0 Å². The van der Waals surface area contributed by atoms with Gasteiger partial charge < -0.3 is 19.8 Å². The number of allylic oxidation sites excluding steroid dienone is 2. The van der Waals surface area contributed by atoms with E-state index in [1.165, 1.54) is 38.5 Å². The van der Waals surface area contributed by atoms with Gasteiger partial charge in [-0.2, -0.15) is 0 Å². The summed E-state index contributed by atoms with van der Waals surface area (Å²) in [5, 5.41) is 28.1. The standard InChI is InChI=1S/C28H51NO6/c1-5-6-7-8-9-10-11-12-13-14-15-19-29(20-16-23(2)26(30)31,21-17-24(3)27(32)33)22-18-25(4)28(34)35/h12-13,23-25H,5-11,14-22H2,1-4H3,(H2-,30,31,32,33,34,35)/p+1/b13-12+. The molecule has 0 fully saturated rings. The number of aliphatic carboxylic acids is 3. The molecule has 0 saturated carbocycles. The first-order valence-electron chi connectivity index (χ1n) is 13.7. The summed E-state index contributed by atoms with van der Waals surface area (Å²) in [4.78, 5) is 34.2. The molecule has 7 heteroatoms. The smallest absolute Gasteiger partial charge is 0.306 e. The highest BCUT2D eigenvalue weighted by Crippen LogP contribution is 2.21. The zero-order valence-corrected chi connectivity index (χ0v) is 22.7. The zero-order chi connectivity index (χ0) is 26.7. The Morgan fingerprint density at radius 2 is 0.971 bits per heavy atom. The summed E-state index contributed by atoms with van der Waals surface area (Å²) in [7, 11) is 0. The van der Waals surface area contributed by atoms with Crippen LogP contribution in [0, 0.1) is 17.8 Å². The Bertz CT molecular complexity index is 573. The number of hydrogen-bond donors (Lipinski definition) is 3. The Hall–Kier alpha value is -1.89. The van der Waals surface area contributed by atoms with Gasteiger partial charge in [-0.15, -0.1) is 0 Å². The van der Waals surface area contributed by atoms with Crippen LogP contribution in [0.25, 0.3) is 0 Å². The molecule has 0 amide bonds. The van der Waals surface area contributed by atoms with E-state index in [0.29, 0.717) is 43.4 Å². The monoisotopic (exact) mass is 498 g/mol. The minimum absolute atomic E-state index is 0.487. The molecule has 0 aliphatic carbocycles. The molecule has 204 valence electrons. The minimum atomic E-state index is -0.835. The molecule has 0 spiro atoms. The summed E-state index contributed by atoms with van der Waals surface area (Å²) < 4.78 is 0.581. The van der Waals surface area contributed by atoms with E-state index in [1.807, 2.05) is 0 Å². The van der Waals surface area contributed by atoms with Crippen LogP contribution in [0.4, 0.5) is 0 Å². The zero-order valence-electron chi connectivity index (χ0n) is 22.7. The Labute approximate surface area is 213 Å². The Morgan fingerprint density at radius 3 is 1.37 bits per heavy atom. The number of carboxylic acids is 3. The highest BCUT2D eigenvalue weighted by atomic mass is 16.4. The fourth-order valence-electron chi connectivity index (χ4n) is 4.27. The van der Waals surface area contributed by atoms with Crippen LogP contribution in [-0.2, 0) is 14.4 Å². The fraction of sp³-hybridized carbons (Fsp3) is 0.821. The number of rotatable bonds is 23. The first kappa shape index (κ1) is 33.1. The van der Waals surface area contributed by atoms with Crippen LogP contribution < -0.4 is 0 Å². The third kappa shape index (κ3) is 16.4. The molecule has 0 aromatic heterocycles. The number of hydrogen-bond acceptors (Lipinski definition) is 3. The van der Waals surface area contributed by atoms with Gasteiger partial charge in [0.2, 0.25) is 0 Å². The van der Waals surface area contributed by atoms with Gasteiger partial charge in [0.05, 0.1) is 43.9 Å². The molecule has 0 saturated heterocycles. The molecule has 0 rings (SSSR count). The fourth-order valence-corrected chi connectivity index (χ4v) is 4.27. The van der Waals surface area contributed by atoms with Crippen molar-refractivity contribution in [1.29, 1.82) is 0 Å². The van der Waals surface area contributed by atoms with Crippen molar-refractivity contribution < 1.29 is 34.2 Å². The SMILES string of the molecule is CCCCCCCC/C=C/CCC[N+](CCC(C)C(=O)O)(CCC(C)C(=O)O)CCC(C)C(=O)O. The van der Waals surface area contributed by atoms with Crippen LogP contribution in [0.5, 0.6) is 0 Å². The first-order chi connectivity index (χ1) is 16.5. The number of quaternary nitrogens is 1. The lowest BCUT2D eigenvalue weighted by Crippen LogP contribution is -2.52. The third-order valence-corrected chi connectivity index (χ3v) is 7.27. The molecule has 0 radical (unpaired) electrons. The molecule has 0 aliphatic heterocycles. The van der Waals surface area contributed by atoms with Gasteiger partial charge in [-0.1, -0.05) is 72.0 Å². The van der Waals surface area contributed by atoms with Crippen molar-refractivity contribution in [3.05, 3.63) is 12.2 Å². The van der Waals surface area contributed by atoms with Crippen molar-refractivity contribution in [3.63, 3.8) is 0 Å². The van der Waals surface area contributed by atoms with Crippen LogP contribution in [0.1, 0.15) is 105 Å². The van der Waals surface area contributed by atoms with Crippen molar-refractivity contribution in [2.45, 2.75) is 105 Å². The Balaban J connectivity index is 5.09. The minimum Gasteiger partial charge on any atom is -0.481 e. The highest BCUT2D eigenvalue weighted by molar-refractivity contribution is 5.70. The summed E-state index contributed by atoms with van der Waals surface area (Å²) in [5.74, 6) is -3.97. The van der Waals surface area contributed by atoms with Gasteiger partial charge in [-0.05, 0) is 19.3 Å². The maximum atomic E-state index is 11.4. The summed E-state index contributed by atoms with van der Waals surface area (Å²) in [6.45, 7) is 9.97. The van der Waals surface area contributed by atoms with Crippen molar-refractivity contribution in [2.24, 2.45) is 17.8 Å². The second-order valence-corrected chi connectivity index (χ2v) is 10.5. The van der Waals surface area contributed by atoms with E-state index in [2.05, 4.69) is 19.1 Å². The molecule has 0 aromatic carbocycles. The molecule has 3 N–H and O–H groups in total. The molecule has 35 heavy (non-hydrogen) atoms. The van der Waals surface area contributed by atoms with E-state index in [4.69, 9.17) is 0 Å². The second kappa shape index (κ2) is 19.3. The number of carbonyl (C=O) groups is 3. The topological polar surface area (TPSA) is 112 Å². The van der Waals surface area contributed by atoms with Gasteiger partial charge in [-0.3, -0.25) is 14.4 Å². The summed E-state index contributed by atoms with van der Waals surface area (Å²) >= 11 is 0. The first-order valence-corrected chi connectivity index (χ1v) is 13.7. The van der Waals surface area contributed by atoms with Gasteiger partial charge in [0.1, 0.15) is 0 Å². The molecule has 0 bridgehead atoms. The average molecular weight is 499 g/mol. The molecule has 0 aromatic rings. The largest absolute Gasteiger partial charge is 0.481 e. The predicted molar refractivity (Wildman–Crippen MR) is 140 cm³/mol. The van der Waals surface area contributed by atoms with E-state index in [9.17, 15) is 29.7 Å². The lowest BCUT2D eigenvalue weighted by atomic mass is 10.0. The quantitative estimate of drug-likeness (QED) is 0.0875. The predicted octanol–water partition coefficient (Wildman–Crippen LogP) is 6.22. The van der Waals surface area contributed by atoms with E-state index in [1.54, 1.807) is 20.8 Å². The summed E-state index contributed by atoms with van der Waals surface area (Å²) in [6, 6.07) is 0. The average Bonchev–Trinajstić information content (AvgIpc) is 2.82. The van der Waals surface area contributed by atoms with Crippen molar-refractivity contribution >= 4 is 17.9 Å². The lowest BCUT2D eigenvalue weighted by molar-refractivity contribution is -0.929. The molecule has 3 unspecified atom stereocenters. The van der Waals surface area contributed by atoms with E-state index < -0.39 is 35.7 Å². The van der Waals surface area contributed by atoms with E-state index in [0.717, 1.165) is 25.8 Å². The van der Waals surface area contributed by atoms with Gasteiger partial charge >= 0.3 is 17.9 Å². The van der Waals surface area contributed by atoms with Gasteiger partial charge in [0.15, 0.2) is 0 Å². The van der Waals surface area contributed by atoms with Crippen LogP contribution >= 0.6 is 0 Å². The Morgan fingerprint density at radius 1 is 0.600 bits per heavy atom. The van der Waals surface area contributed by atoms with Gasteiger partial charge in [-0.25, -0.2) is 0 Å². The molecular weight excluding hydrogens is 446 g/mol. The maximum Gasteiger partial charge on any atom is 0.306 e. The van der Waals surface area contributed by atoms with Crippen molar-refractivity contribution in [3.8, 4) is 0 Å². The Kier molecular flexibility index (Phi) is 18.3. The van der Waals surface area contributed by atoms with Crippen molar-refractivity contribution in [1.82, 2.24) is 0 Å². The van der Waals surface area contributed by atoms with Crippen LogP contribution in [0.3, 0.4) is 0 Å². The normalized spacial score (nSPS) is 16.0. The molecule has 7 nitrogen and oxygen atoms in total. The maximum absolute atomic E-state index is 11.4. The second-order valence-electron chi connectivity index (χ2n) is 10.5. The van der Waals surface area contributed by atoms with E-state index in [-0.39, 0.29) is 0 Å². The van der Waals surface area contributed by atoms with E-state index >= 15 is 0 Å². The van der Waals surface area contributed by atoms with Crippen LogP contribution in [-0.4, -0.2) is 63.9 Å². The van der Waals surface area contributed by atoms with Crippen LogP contribution in [0.2, 0.25) is 0 Å². The third-order valence-electron chi connectivity index (χ3n) is 7.27. The number of nitrogens with zero attached hydrogens (tertiary/aromatic N) is 1. The van der Waals surface area contributed by atoms with Gasteiger partial charge in [0, 0.05) is 25.7 Å². The summed E-state index contributed by atoms with van der Waals surface area (Å²) in [5.41, 5.74) is 0. The number of carboxylic acid groups (broad SMARTS) is 3. The molecule has 0 heterocycles. The summed E-state index contributed by atoms with van der Waals surface area (Å²) in [6.07, 6.45) is 16.6. The molecule has 3 atom stereocenters. The van der Waals surface area contributed by atoms with Crippen LogP contribution in [0.15, 0.2) is 12.2 Å².